The molecule has 6 rings (SSSR count). The second-order valence-corrected chi connectivity index (χ2v) is 12.6. The molecule has 0 spiro atoms. The Bertz CT molecular complexity index is 2170. The summed E-state index contributed by atoms with van der Waals surface area (Å²) in [5.74, 6) is 1.40. The smallest absolute Gasteiger partial charge is 0.275 e. The summed E-state index contributed by atoms with van der Waals surface area (Å²) in [6, 6.07) is 15.4. The third-order valence-electron chi connectivity index (χ3n) is 7.67. The van der Waals surface area contributed by atoms with Crippen LogP contribution in [0.25, 0.3) is 22.0 Å². The highest BCUT2D eigenvalue weighted by Crippen LogP contribution is 2.39. The standard InChI is InChI=1S/C32H31N5O5S/c1-19-9-11-22(12-10-19)43(40,41)37-26(31-33-13-14-34-31)15-24-25(17-36(5)32(39)29(24)37)23-16-28(38)35(4)18-27(23)42-30-20(2)7-6-8-21(30)3/h6-12,15-18H,13-14H2,1-5H3,(H,33,34). The molecule has 1 N–H and O–H groups in total. The Kier molecular flexibility index (Phi) is 6.84. The number of benzene rings is 2. The van der Waals surface area contributed by atoms with Gasteiger partial charge in [0.2, 0.25) is 0 Å². The summed E-state index contributed by atoms with van der Waals surface area (Å²) < 4.78 is 38.8. The summed E-state index contributed by atoms with van der Waals surface area (Å²) in [6.45, 7) is 6.75. The Labute approximate surface area is 248 Å². The van der Waals surface area contributed by atoms with Gasteiger partial charge in [0.1, 0.15) is 22.8 Å². The number of aromatic nitrogens is 3. The number of ether oxygens (including phenoxy) is 1. The van der Waals surface area contributed by atoms with E-state index in [9.17, 15) is 18.0 Å². The molecule has 0 saturated heterocycles. The van der Waals surface area contributed by atoms with E-state index < -0.39 is 15.6 Å². The van der Waals surface area contributed by atoms with Gasteiger partial charge in [-0.05, 0) is 50.1 Å². The topological polar surface area (TPSA) is 117 Å². The van der Waals surface area contributed by atoms with Gasteiger partial charge in [-0.1, -0.05) is 35.9 Å². The maximum atomic E-state index is 14.2. The van der Waals surface area contributed by atoms with Gasteiger partial charge in [-0.2, -0.15) is 0 Å². The Morgan fingerprint density at radius 1 is 0.884 bits per heavy atom. The molecular weight excluding hydrogens is 566 g/mol. The first-order valence-electron chi connectivity index (χ1n) is 13.8. The fraction of sp³-hybridized carbons (Fsp3) is 0.219. The first-order chi connectivity index (χ1) is 20.5. The number of hydrogen-bond acceptors (Lipinski definition) is 7. The molecule has 3 aromatic heterocycles. The molecule has 0 radical (unpaired) electrons. The molecule has 1 aliphatic rings. The Morgan fingerprint density at radius 3 is 2.23 bits per heavy atom. The van der Waals surface area contributed by atoms with E-state index in [2.05, 4.69) is 10.3 Å². The molecule has 220 valence electrons. The largest absolute Gasteiger partial charge is 0.455 e. The van der Waals surface area contributed by atoms with Crippen LogP contribution in [0.3, 0.4) is 0 Å². The van der Waals surface area contributed by atoms with Crippen LogP contribution in [0.1, 0.15) is 22.4 Å². The molecule has 0 saturated carbocycles. The van der Waals surface area contributed by atoms with E-state index in [-0.39, 0.29) is 21.7 Å². The van der Waals surface area contributed by atoms with Crippen molar-refractivity contribution in [3.05, 3.63) is 110 Å². The lowest BCUT2D eigenvalue weighted by atomic mass is 10.0. The van der Waals surface area contributed by atoms with Crippen molar-refractivity contribution >= 4 is 26.8 Å². The molecule has 0 amide bonds. The summed E-state index contributed by atoms with van der Waals surface area (Å²) in [7, 11) is -1.06. The van der Waals surface area contributed by atoms with Gasteiger partial charge in [-0.3, -0.25) is 14.6 Å². The number of nitrogens with one attached hydrogen (secondary N) is 1. The van der Waals surface area contributed by atoms with Crippen molar-refractivity contribution < 1.29 is 13.2 Å². The van der Waals surface area contributed by atoms with Gasteiger partial charge in [-0.15, -0.1) is 0 Å². The molecular formula is C32H31N5O5S. The van der Waals surface area contributed by atoms with E-state index in [1.807, 2.05) is 39.0 Å². The van der Waals surface area contributed by atoms with Crippen molar-refractivity contribution in [3.8, 4) is 22.6 Å². The van der Waals surface area contributed by atoms with E-state index in [0.29, 0.717) is 46.9 Å². The number of nitrogens with zero attached hydrogens (tertiary/aromatic N) is 4. The van der Waals surface area contributed by atoms with Gasteiger partial charge in [0.25, 0.3) is 21.1 Å². The predicted octanol–water partition coefficient (Wildman–Crippen LogP) is 4.01. The molecule has 10 nitrogen and oxygen atoms in total. The van der Waals surface area contributed by atoms with Crippen molar-refractivity contribution in [2.75, 3.05) is 13.1 Å². The minimum Gasteiger partial charge on any atom is -0.455 e. The van der Waals surface area contributed by atoms with Crippen LogP contribution < -0.4 is 21.2 Å². The third-order valence-corrected chi connectivity index (χ3v) is 9.40. The number of amidine groups is 1. The molecule has 43 heavy (non-hydrogen) atoms. The molecule has 4 heterocycles. The average molecular weight is 598 g/mol. The molecule has 0 bridgehead atoms. The van der Waals surface area contributed by atoms with E-state index in [4.69, 9.17) is 4.74 Å². The minimum atomic E-state index is -4.24. The fourth-order valence-corrected chi connectivity index (χ4v) is 6.88. The number of aliphatic imine (C=N–C) groups is 1. The fourth-order valence-electron chi connectivity index (χ4n) is 5.37. The molecule has 0 unspecified atom stereocenters. The quantitative estimate of drug-likeness (QED) is 0.316. The molecule has 2 aromatic carbocycles. The van der Waals surface area contributed by atoms with E-state index in [1.165, 1.54) is 27.3 Å². The van der Waals surface area contributed by atoms with Crippen LogP contribution in [0.5, 0.6) is 11.5 Å². The van der Waals surface area contributed by atoms with E-state index in [1.54, 1.807) is 44.7 Å². The molecule has 0 fully saturated rings. The van der Waals surface area contributed by atoms with Crippen LogP contribution in [0.15, 0.2) is 86.5 Å². The van der Waals surface area contributed by atoms with Crippen molar-refractivity contribution in [2.24, 2.45) is 19.1 Å². The molecule has 0 atom stereocenters. The van der Waals surface area contributed by atoms with Crippen molar-refractivity contribution in [2.45, 2.75) is 25.7 Å². The maximum Gasteiger partial charge on any atom is 0.275 e. The Morgan fingerprint density at radius 2 is 1.58 bits per heavy atom. The Hall–Kier alpha value is -4.90. The molecule has 11 heteroatoms. The van der Waals surface area contributed by atoms with E-state index >= 15 is 0 Å². The van der Waals surface area contributed by atoms with Gasteiger partial charge in [-0.25, -0.2) is 12.4 Å². The zero-order valence-electron chi connectivity index (χ0n) is 24.5. The summed E-state index contributed by atoms with van der Waals surface area (Å²) >= 11 is 0. The third kappa shape index (κ3) is 4.75. The first kappa shape index (κ1) is 28.2. The van der Waals surface area contributed by atoms with Crippen LogP contribution in [0.2, 0.25) is 0 Å². The molecule has 5 aromatic rings. The van der Waals surface area contributed by atoms with Crippen LogP contribution in [-0.2, 0) is 24.1 Å². The Balaban J connectivity index is 1.69. The second kappa shape index (κ2) is 10.4. The predicted molar refractivity (Wildman–Crippen MR) is 167 cm³/mol. The number of pyridine rings is 2. The lowest BCUT2D eigenvalue weighted by Gasteiger charge is -2.17. The van der Waals surface area contributed by atoms with Gasteiger partial charge >= 0.3 is 0 Å². The molecule has 0 aliphatic carbocycles. The zero-order chi connectivity index (χ0) is 30.6. The zero-order valence-corrected chi connectivity index (χ0v) is 25.3. The average Bonchev–Trinajstić information content (AvgIpc) is 3.64. The highest BCUT2D eigenvalue weighted by molar-refractivity contribution is 7.90. The van der Waals surface area contributed by atoms with Gasteiger partial charge < -0.3 is 19.2 Å². The summed E-state index contributed by atoms with van der Waals surface area (Å²) in [4.78, 5) is 31.3. The lowest BCUT2D eigenvalue weighted by molar-refractivity contribution is 0.470. The summed E-state index contributed by atoms with van der Waals surface area (Å²) in [5, 5.41) is 3.50. The minimum absolute atomic E-state index is 0.0375. The summed E-state index contributed by atoms with van der Waals surface area (Å²) in [6.07, 6.45) is 3.21. The van der Waals surface area contributed by atoms with Crippen LogP contribution in [-0.4, -0.2) is 40.4 Å². The van der Waals surface area contributed by atoms with Crippen LogP contribution in [0, 0.1) is 20.8 Å². The van der Waals surface area contributed by atoms with Gasteiger partial charge in [0.15, 0.2) is 5.75 Å². The monoisotopic (exact) mass is 597 g/mol. The maximum absolute atomic E-state index is 14.2. The number of hydrogen-bond donors (Lipinski definition) is 1. The normalized spacial score (nSPS) is 13.3. The molecule has 1 aliphatic heterocycles. The van der Waals surface area contributed by atoms with Gasteiger partial charge in [0.05, 0.1) is 17.6 Å². The van der Waals surface area contributed by atoms with Crippen molar-refractivity contribution in [3.63, 3.8) is 0 Å². The SMILES string of the molecule is Cc1ccc(S(=O)(=O)n2c(C3=NCCN3)cc3c(-c4cc(=O)n(C)cc4Oc4c(C)cccc4C)cn(C)c(=O)c32)cc1. The number of rotatable bonds is 6. The second-order valence-electron chi connectivity index (χ2n) is 10.8. The van der Waals surface area contributed by atoms with Crippen LogP contribution in [0.4, 0.5) is 0 Å². The van der Waals surface area contributed by atoms with Crippen molar-refractivity contribution in [1.29, 1.82) is 0 Å². The van der Waals surface area contributed by atoms with E-state index in [0.717, 1.165) is 20.7 Å². The van der Waals surface area contributed by atoms with Crippen molar-refractivity contribution in [1.82, 2.24) is 18.4 Å². The highest BCUT2D eigenvalue weighted by atomic mass is 32.2. The number of para-hydroxylation sites is 1. The number of aryl methyl sites for hydroxylation is 5. The summed E-state index contributed by atoms with van der Waals surface area (Å²) in [5.41, 5.74) is 2.99. The first-order valence-corrected chi connectivity index (χ1v) is 15.2. The lowest BCUT2D eigenvalue weighted by Crippen LogP contribution is -2.28. The highest BCUT2D eigenvalue weighted by Gasteiger charge is 2.30. The van der Waals surface area contributed by atoms with Crippen LogP contribution >= 0.6 is 0 Å². The van der Waals surface area contributed by atoms with Gasteiger partial charge in [0, 0.05) is 49.4 Å². The number of fused-ring (bicyclic) bond motifs is 1.